The zero-order valence-corrected chi connectivity index (χ0v) is 44.6. The minimum atomic E-state index is -0.673. The van der Waals surface area contributed by atoms with Crippen molar-refractivity contribution in [1.29, 1.82) is 0 Å². The van der Waals surface area contributed by atoms with Crippen molar-refractivity contribution in [3.8, 4) is 11.1 Å². The van der Waals surface area contributed by atoms with Gasteiger partial charge in [0.25, 0.3) is 0 Å². The number of hydrogen-bond acceptors (Lipinski definition) is 3. The van der Waals surface area contributed by atoms with Gasteiger partial charge in [0.2, 0.25) is 0 Å². The number of anilines is 9. The van der Waals surface area contributed by atoms with Gasteiger partial charge in [-0.3, -0.25) is 0 Å². The zero-order chi connectivity index (χ0) is 53.2. The van der Waals surface area contributed by atoms with Gasteiger partial charge < -0.3 is 14.7 Å². The highest BCUT2D eigenvalue weighted by atomic mass is 15.3. The van der Waals surface area contributed by atoms with E-state index < -0.39 is 10.8 Å². The lowest BCUT2D eigenvalue weighted by Crippen LogP contribution is -2.39. The maximum Gasteiger partial charge on any atom is 0.0947 e. The molecule has 0 spiro atoms. The minimum absolute atomic E-state index is 0.664. The normalized spacial score (nSPS) is 14.2. The molecule has 0 aromatic heterocycles. The molecule has 0 atom stereocenters. The number of aryl methyl sites for hydroxylation is 1. The van der Waals surface area contributed by atoms with E-state index in [0.717, 1.165) is 63.8 Å². The molecule has 0 saturated carbocycles. The molecule has 12 aromatic rings. The number of hydrogen-bond donors (Lipinski definition) is 0. The first-order chi connectivity index (χ1) is 39.7. The zero-order valence-electron chi connectivity index (χ0n) is 44.6. The number of benzene rings is 12. The summed E-state index contributed by atoms with van der Waals surface area (Å²) in [6, 6.07) is 114. The van der Waals surface area contributed by atoms with Crippen molar-refractivity contribution >= 4 is 51.2 Å². The summed E-state index contributed by atoms with van der Waals surface area (Å²) in [7, 11) is 0. The quantitative estimate of drug-likeness (QED) is 0.143. The van der Waals surface area contributed by atoms with E-state index in [1.807, 2.05) is 0 Å². The van der Waals surface area contributed by atoms with E-state index in [1.54, 1.807) is 0 Å². The monoisotopic (exact) mass is 1020 g/mol. The lowest BCUT2D eigenvalue weighted by atomic mass is 9.62. The fourth-order valence-electron chi connectivity index (χ4n) is 13.9. The molecule has 0 fully saturated rings. The minimum Gasteiger partial charge on any atom is -0.308 e. The lowest BCUT2D eigenvalue weighted by Gasteiger charge is -2.50. The summed E-state index contributed by atoms with van der Waals surface area (Å²) in [6.45, 7) is 2.24. The van der Waals surface area contributed by atoms with Gasteiger partial charge in [-0.25, -0.2) is 0 Å². The molecule has 0 unspecified atom stereocenters. The third-order valence-electron chi connectivity index (χ3n) is 17.3. The highest BCUT2D eigenvalue weighted by molar-refractivity contribution is 6.07. The van der Waals surface area contributed by atoms with Crippen LogP contribution in [0.2, 0.25) is 0 Å². The molecule has 80 heavy (non-hydrogen) atoms. The summed E-state index contributed by atoms with van der Waals surface area (Å²) in [4.78, 5) is 7.82. The SMILES string of the molecule is CCc1ccc(-c2cc(N3c4ccccc4Cc4ccccc43)c(N3c4ccccc4C(c4ccccc4)(c4ccccc4)c4ccccc43)c(N3c4ccccc4C(c4ccccc4)(c4ccccc4)c4ccccc43)c2)cc1. The number of nitrogens with zero attached hydrogens (tertiary/aromatic N) is 3. The predicted octanol–water partition coefficient (Wildman–Crippen LogP) is 19.6. The van der Waals surface area contributed by atoms with Crippen molar-refractivity contribution in [2.45, 2.75) is 30.6 Å². The van der Waals surface area contributed by atoms with Gasteiger partial charge in [0.15, 0.2) is 0 Å². The molecule has 15 rings (SSSR count). The molecular weight excluding hydrogens is 967 g/mol. The second kappa shape index (κ2) is 19.2. The molecular formula is C77H57N3. The number of rotatable bonds is 9. The van der Waals surface area contributed by atoms with Crippen LogP contribution in [0.25, 0.3) is 11.1 Å². The maximum atomic E-state index is 2.63. The second-order valence-electron chi connectivity index (χ2n) is 21.4. The van der Waals surface area contributed by atoms with E-state index in [9.17, 15) is 0 Å². The molecule has 0 saturated heterocycles. The summed E-state index contributed by atoms with van der Waals surface area (Å²) in [6.07, 6.45) is 1.80. The van der Waals surface area contributed by atoms with Crippen LogP contribution in [0.4, 0.5) is 51.2 Å². The molecule has 3 heteroatoms. The number of para-hydroxylation sites is 6. The van der Waals surface area contributed by atoms with Crippen LogP contribution in [0.3, 0.4) is 0 Å². The first-order valence-corrected chi connectivity index (χ1v) is 28.1. The third kappa shape index (κ3) is 7.07. The Morgan fingerprint density at radius 2 is 0.575 bits per heavy atom. The second-order valence-corrected chi connectivity index (χ2v) is 21.4. The van der Waals surface area contributed by atoms with Crippen LogP contribution in [0.1, 0.15) is 68.1 Å². The summed E-state index contributed by atoms with van der Waals surface area (Å²) < 4.78 is 0. The van der Waals surface area contributed by atoms with Crippen molar-refractivity contribution in [3.63, 3.8) is 0 Å². The van der Waals surface area contributed by atoms with Gasteiger partial charge in [0, 0.05) is 17.8 Å². The molecule has 12 aromatic carbocycles. The first kappa shape index (κ1) is 47.3. The molecule has 3 heterocycles. The molecule has 0 radical (unpaired) electrons. The van der Waals surface area contributed by atoms with Crippen molar-refractivity contribution in [2.75, 3.05) is 14.7 Å². The summed E-state index contributed by atoms with van der Waals surface area (Å²) in [5.41, 5.74) is 24.5. The van der Waals surface area contributed by atoms with Crippen molar-refractivity contribution in [2.24, 2.45) is 0 Å². The van der Waals surface area contributed by atoms with E-state index in [2.05, 4.69) is 325 Å². The van der Waals surface area contributed by atoms with Gasteiger partial charge >= 0.3 is 0 Å². The van der Waals surface area contributed by atoms with E-state index in [4.69, 9.17) is 0 Å². The average molecular weight is 1020 g/mol. The van der Waals surface area contributed by atoms with E-state index in [-0.39, 0.29) is 0 Å². The molecule has 0 N–H and O–H groups in total. The summed E-state index contributed by atoms with van der Waals surface area (Å²) >= 11 is 0. The Labute approximate surface area is 469 Å². The van der Waals surface area contributed by atoms with E-state index >= 15 is 0 Å². The van der Waals surface area contributed by atoms with Crippen LogP contribution in [0.5, 0.6) is 0 Å². The van der Waals surface area contributed by atoms with Crippen molar-refractivity contribution < 1.29 is 0 Å². The van der Waals surface area contributed by atoms with Crippen LogP contribution >= 0.6 is 0 Å². The van der Waals surface area contributed by atoms with Gasteiger partial charge in [-0.2, -0.15) is 0 Å². The Morgan fingerprint density at radius 1 is 0.275 bits per heavy atom. The van der Waals surface area contributed by atoms with Gasteiger partial charge in [0.1, 0.15) is 0 Å². The molecule has 3 nitrogen and oxygen atoms in total. The molecule has 380 valence electrons. The van der Waals surface area contributed by atoms with Gasteiger partial charge in [-0.05, 0) is 127 Å². The lowest BCUT2D eigenvalue weighted by molar-refractivity contribution is 0.729. The molecule has 0 bridgehead atoms. The van der Waals surface area contributed by atoms with Crippen LogP contribution in [-0.2, 0) is 23.7 Å². The Balaban J connectivity index is 1.13. The van der Waals surface area contributed by atoms with Gasteiger partial charge in [0.05, 0.1) is 50.6 Å². The van der Waals surface area contributed by atoms with Crippen molar-refractivity contribution in [1.82, 2.24) is 0 Å². The summed E-state index contributed by atoms with van der Waals surface area (Å²) in [5.74, 6) is 0. The Morgan fingerprint density at radius 3 is 0.938 bits per heavy atom. The van der Waals surface area contributed by atoms with E-state index in [1.165, 1.54) is 72.6 Å². The smallest absolute Gasteiger partial charge is 0.0947 e. The van der Waals surface area contributed by atoms with Crippen LogP contribution in [-0.4, -0.2) is 0 Å². The summed E-state index contributed by atoms with van der Waals surface area (Å²) in [5, 5.41) is 0. The van der Waals surface area contributed by atoms with Gasteiger partial charge in [-0.15, -0.1) is 0 Å². The average Bonchev–Trinajstić information content (AvgIpc) is 3.69. The van der Waals surface area contributed by atoms with Crippen LogP contribution in [0.15, 0.2) is 303 Å². The Bertz CT molecular complexity index is 4040. The fraction of sp³-hybridized carbons (Fsp3) is 0.0649. The van der Waals surface area contributed by atoms with E-state index in [0.29, 0.717) is 0 Å². The number of fused-ring (bicyclic) bond motifs is 6. The van der Waals surface area contributed by atoms with Crippen LogP contribution < -0.4 is 14.7 Å². The van der Waals surface area contributed by atoms with Crippen molar-refractivity contribution in [3.05, 3.63) is 365 Å². The standard InChI is InChI=1S/C77H57N3/c1-2-54-47-49-55(50-48-54)58-52-73(78-67-41-21-15-27-56(67)51-57-28-16-22-42-68(57)78)75(80-71-45-25-19-39-65(71)77(61-33-11-5-12-34-61,62-35-13-6-14-36-62)66-40-20-26-46-72(66)80)74(53-58)79-69-43-23-17-37-63(69)76(59-29-7-3-8-30-59,60-31-9-4-10-32-60)64-38-18-24-44-70(64)79/h3-50,52-53H,2,51H2,1H3. The molecule has 0 aliphatic carbocycles. The molecule has 0 amide bonds. The van der Waals surface area contributed by atoms with Crippen LogP contribution in [0, 0.1) is 0 Å². The van der Waals surface area contributed by atoms with Gasteiger partial charge in [-0.1, -0.05) is 262 Å². The fourth-order valence-corrected chi connectivity index (χ4v) is 13.9. The molecule has 3 aliphatic rings. The largest absolute Gasteiger partial charge is 0.308 e. The Hall–Kier alpha value is -9.96. The first-order valence-electron chi connectivity index (χ1n) is 28.1. The highest BCUT2D eigenvalue weighted by Crippen LogP contribution is 2.65. The predicted molar refractivity (Wildman–Crippen MR) is 332 cm³/mol. The maximum absolute atomic E-state index is 2.63. The molecule has 3 aliphatic heterocycles. The Kier molecular flexibility index (Phi) is 11.3. The third-order valence-corrected chi connectivity index (χ3v) is 17.3. The highest BCUT2D eigenvalue weighted by Gasteiger charge is 2.50. The topological polar surface area (TPSA) is 9.72 Å².